The Labute approximate surface area is 128 Å². The first-order valence-electron chi connectivity index (χ1n) is 6.78. The highest BCUT2D eigenvalue weighted by Gasteiger charge is 2.10. The molecule has 0 saturated carbocycles. The second-order valence-electron chi connectivity index (χ2n) is 5.10. The van der Waals surface area contributed by atoms with Gasteiger partial charge in [-0.05, 0) is 17.7 Å². The Hall–Kier alpha value is -2.58. The Kier molecular flexibility index (Phi) is 4.97. The van der Waals surface area contributed by atoms with Gasteiger partial charge in [0.2, 0.25) is 5.43 Å². The van der Waals surface area contributed by atoms with Gasteiger partial charge in [-0.3, -0.25) is 9.69 Å². The summed E-state index contributed by atoms with van der Waals surface area (Å²) in [4.78, 5) is 13.5. The summed E-state index contributed by atoms with van der Waals surface area (Å²) >= 11 is 0. The molecule has 0 aliphatic rings. The van der Waals surface area contributed by atoms with Gasteiger partial charge in [0, 0.05) is 38.1 Å². The summed E-state index contributed by atoms with van der Waals surface area (Å²) in [7, 11) is 1.74. The van der Waals surface area contributed by atoms with Gasteiger partial charge in [0.1, 0.15) is 5.82 Å². The molecule has 114 valence electrons. The zero-order chi connectivity index (χ0) is 16.1. The third-order valence-electron chi connectivity index (χ3n) is 3.31. The zero-order valence-corrected chi connectivity index (χ0v) is 12.3. The van der Waals surface area contributed by atoms with Crippen molar-refractivity contribution in [3.05, 3.63) is 63.8 Å². The molecule has 0 spiro atoms. The third kappa shape index (κ3) is 3.96. The maximum Gasteiger partial charge on any atom is 0.223 e. The number of hydrogen-bond donors (Lipinski definition) is 1. The van der Waals surface area contributed by atoms with Gasteiger partial charge in [-0.15, -0.1) is 6.42 Å². The highest BCUT2D eigenvalue weighted by Crippen LogP contribution is 2.11. The van der Waals surface area contributed by atoms with Gasteiger partial charge in [-0.1, -0.05) is 18.1 Å². The van der Waals surface area contributed by atoms with E-state index in [1.165, 1.54) is 24.4 Å². The van der Waals surface area contributed by atoms with Crippen molar-refractivity contribution in [2.24, 2.45) is 7.05 Å². The molecule has 0 aliphatic carbocycles. The summed E-state index contributed by atoms with van der Waals surface area (Å²) in [6, 6.07) is 7.69. The lowest BCUT2D eigenvalue weighted by molar-refractivity contribution is 0.282. The van der Waals surface area contributed by atoms with E-state index in [-0.39, 0.29) is 11.6 Å². The van der Waals surface area contributed by atoms with Gasteiger partial charge in [-0.2, -0.15) is 0 Å². The van der Waals surface area contributed by atoms with Crippen LogP contribution in [0.1, 0.15) is 11.3 Å². The van der Waals surface area contributed by atoms with Crippen molar-refractivity contribution in [1.82, 2.24) is 9.47 Å². The van der Waals surface area contributed by atoms with E-state index >= 15 is 0 Å². The largest absolute Gasteiger partial charge is 0.503 e. The average Bonchev–Trinajstić information content (AvgIpc) is 2.45. The van der Waals surface area contributed by atoms with E-state index in [9.17, 15) is 14.3 Å². The number of aryl methyl sites for hydroxylation is 1. The third-order valence-corrected chi connectivity index (χ3v) is 3.31. The normalized spacial score (nSPS) is 10.6. The smallest absolute Gasteiger partial charge is 0.223 e. The van der Waals surface area contributed by atoms with Crippen molar-refractivity contribution in [2.75, 3.05) is 6.54 Å². The highest BCUT2D eigenvalue weighted by atomic mass is 19.1. The van der Waals surface area contributed by atoms with Crippen LogP contribution in [0.15, 0.2) is 41.3 Å². The highest BCUT2D eigenvalue weighted by molar-refractivity contribution is 5.21. The van der Waals surface area contributed by atoms with Crippen LogP contribution in [0.5, 0.6) is 5.75 Å². The number of halogens is 1. The van der Waals surface area contributed by atoms with Crippen molar-refractivity contribution in [2.45, 2.75) is 13.1 Å². The maximum absolute atomic E-state index is 13.3. The van der Waals surface area contributed by atoms with Crippen LogP contribution in [0.4, 0.5) is 4.39 Å². The minimum Gasteiger partial charge on any atom is -0.503 e. The summed E-state index contributed by atoms with van der Waals surface area (Å²) in [5.74, 6) is 1.98. The number of hydrogen-bond acceptors (Lipinski definition) is 3. The van der Waals surface area contributed by atoms with Gasteiger partial charge < -0.3 is 9.67 Å². The number of aromatic nitrogens is 1. The Morgan fingerprint density at radius 2 is 2.14 bits per heavy atom. The van der Waals surface area contributed by atoms with E-state index in [2.05, 4.69) is 5.92 Å². The van der Waals surface area contributed by atoms with Gasteiger partial charge >= 0.3 is 0 Å². The van der Waals surface area contributed by atoms with Gasteiger partial charge in [0.15, 0.2) is 5.75 Å². The molecule has 2 rings (SSSR count). The molecular weight excluding hydrogens is 283 g/mol. The topological polar surface area (TPSA) is 45.5 Å². The lowest BCUT2D eigenvalue weighted by Crippen LogP contribution is -2.26. The number of pyridine rings is 1. The Balaban J connectivity index is 2.21. The van der Waals surface area contributed by atoms with Crippen LogP contribution in [-0.2, 0) is 20.1 Å². The quantitative estimate of drug-likeness (QED) is 0.857. The molecule has 1 aromatic heterocycles. The van der Waals surface area contributed by atoms with Crippen LogP contribution in [0, 0.1) is 18.2 Å². The van der Waals surface area contributed by atoms with Crippen LogP contribution in [0.25, 0.3) is 0 Å². The Morgan fingerprint density at radius 3 is 2.82 bits per heavy atom. The van der Waals surface area contributed by atoms with Gasteiger partial charge in [0.05, 0.1) is 6.54 Å². The monoisotopic (exact) mass is 300 g/mol. The van der Waals surface area contributed by atoms with Crippen molar-refractivity contribution >= 4 is 0 Å². The van der Waals surface area contributed by atoms with Crippen LogP contribution in [-0.4, -0.2) is 21.1 Å². The lowest BCUT2D eigenvalue weighted by Gasteiger charge is -2.21. The molecule has 1 N–H and O–H groups in total. The molecule has 2 aromatic rings. The second kappa shape index (κ2) is 6.92. The maximum atomic E-state index is 13.3. The van der Waals surface area contributed by atoms with Gasteiger partial charge in [-0.25, -0.2) is 4.39 Å². The number of terminal acetylenes is 1. The van der Waals surface area contributed by atoms with Crippen molar-refractivity contribution in [3.63, 3.8) is 0 Å². The molecule has 22 heavy (non-hydrogen) atoms. The van der Waals surface area contributed by atoms with Crippen LogP contribution < -0.4 is 5.43 Å². The molecule has 0 aliphatic heterocycles. The first-order chi connectivity index (χ1) is 10.5. The van der Waals surface area contributed by atoms with Gasteiger partial charge in [0.25, 0.3) is 0 Å². The second-order valence-corrected chi connectivity index (χ2v) is 5.10. The predicted molar refractivity (Wildman–Crippen MR) is 82.7 cm³/mol. The minimum absolute atomic E-state index is 0.292. The summed E-state index contributed by atoms with van der Waals surface area (Å²) in [5, 5.41) is 9.41. The molecule has 0 unspecified atom stereocenters. The van der Waals surface area contributed by atoms with Crippen molar-refractivity contribution in [1.29, 1.82) is 0 Å². The standard InChI is InChI=1S/C17H17FN2O2/c1-3-7-20(10-13-5-4-6-14(18)8-13)11-15-9-16(21)17(22)12-19(15)2/h1,4-6,8-9,12,22H,7,10-11H2,2H3. The molecule has 5 heteroatoms. The first kappa shape index (κ1) is 15.8. The van der Waals surface area contributed by atoms with Crippen LogP contribution in [0.2, 0.25) is 0 Å². The lowest BCUT2D eigenvalue weighted by atomic mass is 10.2. The number of rotatable bonds is 5. The fourth-order valence-electron chi connectivity index (χ4n) is 2.23. The molecule has 4 nitrogen and oxygen atoms in total. The van der Waals surface area contributed by atoms with E-state index in [0.29, 0.717) is 19.6 Å². The fraction of sp³-hybridized carbons (Fsp3) is 0.235. The predicted octanol–water partition coefficient (Wildman–Crippen LogP) is 1.87. The molecule has 0 bridgehead atoms. The van der Waals surface area contributed by atoms with Crippen LogP contribution in [0.3, 0.4) is 0 Å². The summed E-state index contributed by atoms with van der Waals surface area (Å²) in [5.41, 5.74) is 1.09. The zero-order valence-electron chi connectivity index (χ0n) is 12.3. The first-order valence-corrected chi connectivity index (χ1v) is 6.78. The van der Waals surface area contributed by atoms with Crippen molar-refractivity contribution < 1.29 is 9.50 Å². The minimum atomic E-state index is -0.431. The summed E-state index contributed by atoms with van der Waals surface area (Å²) in [6.45, 7) is 1.26. The molecule has 0 amide bonds. The van der Waals surface area contributed by atoms with E-state index in [4.69, 9.17) is 6.42 Å². The molecule has 0 radical (unpaired) electrons. The van der Waals surface area contributed by atoms with E-state index in [0.717, 1.165) is 11.3 Å². The van der Waals surface area contributed by atoms with E-state index < -0.39 is 5.43 Å². The van der Waals surface area contributed by atoms with E-state index in [1.807, 2.05) is 11.0 Å². The molecule has 0 saturated heterocycles. The molecule has 1 heterocycles. The van der Waals surface area contributed by atoms with Crippen LogP contribution >= 0.6 is 0 Å². The summed E-state index contributed by atoms with van der Waals surface area (Å²) < 4.78 is 14.9. The fourth-order valence-corrected chi connectivity index (χ4v) is 2.23. The molecular formula is C17H17FN2O2. The molecule has 0 fully saturated rings. The molecule has 0 atom stereocenters. The number of nitrogens with zero attached hydrogens (tertiary/aromatic N) is 2. The average molecular weight is 300 g/mol. The molecule has 1 aromatic carbocycles. The summed E-state index contributed by atoms with van der Waals surface area (Å²) in [6.07, 6.45) is 6.75. The number of benzene rings is 1. The van der Waals surface area contributed by atoms with E-state index in [1.54, 1.807) is 17.7 Å². The number of aromatic hydroxyl groups is 1. The Bertz CT molecular complexity index is 762. The Morgan fingerprint density at radius 1 is 1.36 bits per heavy atom. The SMILES string of the molecule is C#CCN(Cc1cccc(F)c1)Cc1cc(=O)c(O)cn1C. The van der Waals surface area contributed by atoms with Crippen molar-refractivity contribution in [3.8, 4) is 18.1 Å².